The number of carbonyl (C=O) groups is 2. The molecule has 1 atom stereocenters. The van der Waals surface area contributed by atoms with Gasteiger partial charge in [-0.15, -0.1) is 0 Å². The second-order valence-corrected chi connectivity index (χ2v) is 11.4. The van der Waals surface area contributed by atoms with Gasteiger partial charge in [-0.25, -0.2) is 9.59 Å². The molecule has 0 radical (unpaired) electrons. The number of anilines is 1. The third kappa shape index (κ3) is 6.95. The van der Waals surface area contributed by atoms with Gasteiger partial charge >= 0.3 is 11.7 Å². The first-order valence-corrected chi connectivity index (χ1v) is 13.4. The molecule has 12 nitrogen and oxygen atoms in total. The summed E-state index contributed by atoms with van der Waals surface area (Å²) in [6.45, 7) is 6.75. The zero-order valence-electron chi connectivity index (χ0n) is 22.4. The summed E-state index contributed by atoms with van der Waals surface area (Å²) in [7, 11) is 0. The molecule has 2 aliphatic heterocycles. The van der Waals surface area contributed by atoms with E-state index in [0.29, 0.717) is 17.3 Å². The van der Waals surface area contributed by atoms with Crippen LogP contribution in [0.3, 0.4) is 0 Å². The number of nitrogens with one attached hydrogen (secondary N) is 1. The van der Waals surface area contributed by atoms with Gasteiger partial charge in [0.1, 0.15) is 11.4 Å². The van der Waals surface area contributed by atoms with Crippen LogP contribution in [0.1, 0.15) is 32.3 Å². The van der Waals surface area contributed by atoms with Crippen LogP contribution in [0.25, 0.3) is 5.69 Å². The van der Waals surface area contributed by atoms with Crippen molar-refractivity contribution in [1.82, 2.24) is 24.3 Å². The molecule has 13 heteroatoms. The van der Waals surface area contributed by atoms with Gasteiger partial charge < -0.3 is 26.4 Å². The fourth-order valence-corrected chi connectivity index (χ4v) is 4.91. The normalized spacial score (nSPS) is 19.4. The molecule has 2 saturated heterocycles. The van der Waals surface area contributed by atoms with E-state index in [2.05, 4.69) is 22.1 Å². The van der Waals surface area contributed by atoms with Crippen molar-refractivity contribution in [2.45, 2.75) is 44.3 Å². The van der Waals surface area contributed by atoms with Crippen molar-refractivity contribution < 1.29 is 14.7 Å². The minimum absolute atomic E-state index is 0.118. The second-order valence-electron chi connectivity index (χ2n) is 11.0. The SMILES string of the molecule is CC1(N)CCN(Cc2ccc(-n3ccc(NC(=O)N4CCN(C(=O)C(C)(N)CO)CC4)nc3=O)cc2Cl)CC1. The van der Waals surface area contributed by atoms with Crippen LogP contribution in [0, 0.1) is 0 Å². The van der Waals surface area contributed by atoms with Gasteiger partial charge in [0.25, 0.3) is 0 Å². The first kappa shape index (κ1) is 29.0. The van der Waals surface area contributed by atoms with E-state index in [1.807, 2.05) is 12.1 Å². The molecule has 0 bridgehead atoms. The lowest BCUT2D eigenvalue weighted by Crippen LogP contribution is -2.60. The topological polar surface area (TPSA) is 163 Å². The van der Waals surface area contributed by atoms with E-state index in [4.69, 9.17) is 23.1 Å². The molecule has 1 aromatic heterocycles. The molecule has 2 aliphatic rings. The number of halogens is 1. The standard InChI is InChI=1S/C26H37ClN8O4/c1-25(28)6-9-32(10-7-25)16-18-3-4-19(15-20(18)27)35-8-5-21(31-24(35)39)30-23(38)34-13-11-33(12-14-34)22(37)26(2,29)17-36/h3-5,8,15,36H,6-7,9-14,16-17,28-29H2,1-2H3,(H,30,31,38,39). The Hall–Kier alpha value is -3.03. The predicted molar refractivity (Wildman–Crippen MR) is 149 cm³/mol. The van der Waals surface area contributed by atoms with E-state index in [9.17, 15) is 19.5 Å². The van der Waals surface area contributed by atoms with Gasteiger partial charge in [-0.2, -0.15) is 4.98 Å². The number of nitrogens with zero attached hydrogens (tertiary/aromatic N) is 5. The number of piperidine rings is 1. The summed E-state index contributed by atoms with van der Waals surface area (Å²) in [5.41, 5.74) is 11.6. The van der Waals surface area contributed by atoms with Crippen molar-refractivity contribution in [3.8, 4) is 5.69 Å². The number of piperazine rings is 1. The quantitative estimate of drug-likeness (QED) is 0.399. The predicted octanol–water partition coefficient (Wildman–Crippen LogP) is 0.585. The molecule has 0 aliphatic carbocycles. The van der Waals surface area contributed by atoms with Gasteiger partial charge in [0, 0.05) is 62.6 Å². The van der Waals surface area contributed by atoms with Gasteiger partial charge in [-0.1, -0.05) is 17.7 Å². The van der Waals surface area contributed by atoms with Crippen molar-refractivity contribution in [3.63, 3.8) is 0 Å². The number of rotatable bonds is 6. The van der Waals surface area contributed by atoms with Gasteiger partial charge in [-0.05, 0) is 50.5 Å². The van der Waals surface area contributed by atoms with Crippen LogP contribution in [0.4, 0.5) is 10.6 Å². The Morgan fingerprint density at radius 2 is 1.77 bits per heavy atom. The molecule has 6 N–H and O–H groups in total. The number of aliphatic hydroxyl groups is 1. The molecule has 39 heavy (non-hydrogen) atoms. The van der Waals surface area contributed by atoms with Gasteiger partial charge in [0.05, 0.1) is 12.3 Å². The van der Waals surface area contributed by atoms with Crippen LogP contribution < -0.4 is 22.5 Å². The Labute approximate surface area is 232 Å². The summed E-state index contributed by atoms with van der Waals surface area (Å²) < 4.78 is 1.36. The maximum Gasteiger partial charge on any atom is 0.354 e. The molecular formula is C26H37ClN8O4. The van der Waals surface area contributed by atoms with Gasteiger partial charge in [-0.3, -0.25) is 19.6 Å². The summed E-state index contributed by atoms with van der Waals surface area (Å²) >= 11 is 6.56. The summed E-state index contributed by atoms with van der Waals surface area (Å²) in [5, 5.41) is 12.5. The number of likely N-dealkylation sites (tertiary alicyclic amines) is 1. The number of aliphatic hydroxyl groups excluding tert-OH is 1. The number of aromatic nitrogens is 2. The third-order valence-corrected chi connectivity index (χ3v) is 7.77. The summed E-state index contributed by atoms with van der Waals surface area (Å²) in [4.78, 5) is 47.3. The average Bonchev–Trinajstić information content (AvgIpc) is 2.90. The fraction of sp³-hybridized carbons (Fsp3) is 0.538. The van der Waals surface area contributed by atoms with E-state index < -0.39 is 23.9 Å². The number of amides is 3. The van der Waals surface area contributed by atoms with Crippen molar-refractivity contribution in [2.75, 3.05) is 51.2 Å². The minimum Gasteiger partial charge on any atom is -0.394 e. The number of hydrogen-bond acceptors (Lipinski definition) is 8. The van der Waals surface area contributed by atoms with Crippen molar-refractivity contribution in [2.24, 2.45) is 11.5 Å². The summed E-state index contributed by atoms with van der Waals surface area (Å²) in [6.07, 6.45) is 3.40. The number of carbonyl (C=O) groups excluding carboxylic acids is 2. The first-order chi connectivity index (χ1) is 18.4. The van der Waals surface area contributed by atoms with Crippen LogP contribution in [0.2, 0.25) is 5.02 Å². The smallest absolute Gasteiger partial charge is 0.354 e. The number of urea groups is 1. The fourth-order valence-electron chi connectivity index (χ4n) is 4.68. The van der Waals surface area contributed by atoms with E-state index in [0.717, 1.165) is 31.5 Å². The summed E-state index contributed by atoms with van der Waals surface area (Å²) in [6, 6.07) is 6.58. The minimum atomic E-state index is -1.36. The Morgan fingerprint density at radius 3 is 2.36 bits per heavy atom. The van der Waals surface area contributed by atoms with E-state index in [-0.39, 0.29) is 43.4 Å². The maximum absolute atomic E-state index is 12.8. The average molecular weight is 561 g/mol. The highest BCUT2D eigenvalue weighted by Crippen LogP contribution is 2.25. The van der Waals surface area contributed by atoms with Crippen molar-refractivity contribution in [1.29, 1.82) is 0 Å². The third-order valence-electron chi connectivity index (χ3n) is 7.42. The Bertz CT molecular complexity index is 1260. The number of nitrogens with two attached hydrogens (primary N) is 2. The molecule has 1 aromatic carbocycles. The van der Waals surface area contributed by atoms with E-state index in [1.54, 1.807) is 12.1 Å². The first-order valence-electron chi connectivity index (χ1n) is 13.0. The molecule has 4 rings (SSSR count). The van der Waals surface area contributed by atoms with Gasteiger partial charge in [0.2, 0.25) is 5.91 Å². The highest BCUT2D eigenvalue weighted by molar-refractivity contribution is 6.31. The van der Waals surface area contributed by atoms with E-state index in [1.165, 1.54) is 27.5 Å². The lowest BCUT2D eigenvalue weighted by Gasteiger charge is -2.37. The van der Waals surface area contributed by atoms with Crippen LogP contribution in [-0.4, -0.2) is 98.2 Å². The zero-order chi connectivity index (χ0) is 28.4. The Balaban J connectivity index is 1.35. The van der Waals surface area contributed by atoms with Crippen molar-refractivity contribution in [3.05, 3.63) is 51.5 Å². The summed E-state index contributed by atoms with van der Waals surface area (Å²) in [5.74, 6) is -0.247. The number of hydrogen-bond donors (Lipinski definition) is 4. The lowest BCUT2D eigenvalue weighted by molar-refractivity contribution is -0.139. The maximum atomic E-state index is 12.8. The lowest BCUT2D eigenvalue weighted by atomic mass is 9.91. The zero-order valence-corrected chi connectivity index (χ0v) is 23.2. The van der Waals surface area contributed by atoms with Crippen molar-refractivity contribution >= 4 is 29.4 Å². The van der Waals surface area contributed by atoms with Crippen LogP contribution in [-0.2, 0) is 11.3 Å². The molecular weight excluding hydrogens is 524 g/mol. The number of benzene rings is 1. The van der Waals surface area contributed by atoms with Gasteiger partial charge in [0.15, 0.2) is 0 Å². The molecule has 3 amide bonds. The largest absolute Gasteiger partial charge is 0.394 e. The van der Waals surface area contributed by atoms with Crippen LogP contribution in [0.5, 0.6) is 0 Å². The molecule has 2 aromatic rings. The monoisotopic (exact) mass is 560 g/mol. The van der Waals surface area contributed by atoms with Crippen LogP contribution in [0.15, 0.2) is 35.3 Å². The Kier molecular flexibility index (Phi) is 8.62. The molecule has 1 unspecified atom stereocenters. The molecule has 0 spiro atoms. The molecule has 212 valence electrons. The second kappa shape index (κ2) is 11.6. The van der Waals surface area contributed by atoms with E-state index >= 15 is 0 Å². The molecule has 0 saturated carbocycles. The highest BCUT2D eigenvalue weighted by Gasteiger charge is 2.34. The van der Waals surface area contributed by atoms with Crippen LogP contribution >= 0.6 is 11.6 Å². The molecule has 3 heterocycles. The Morgan fingerprint density at radius 1 is 1.13 bits per heavy atom. The molecule has 2 fully saturated rings. The highest BCUT2D eigenvalue weighted by atomic mass is 35.5.